The predicted molar refractivity (Wildman–Crippen MR) is 109 cm³/mol. The molecule has 0 saturated carbocycles. The summed E-state index contributed by atoms with van der Waals surface area (Å²) in [6.45, 7) is 1.38. The summed E-state index contributed by atoms with van der Waals surface area (Å²) in [6, 6.07) is 12.5. The lowest BCUT2D eigenvalue weighted by atomic mass is 10.2. The molecule has 0 aliphatic rings. The van der Waals surface area contributed by atoms with Crippen LogP contribution in [0.25, 0.3) is 11.0 Å². The van der Waals surface area contributed by atoms with Crippen LogP contribution in [0.4, 0.5) is 5.69 Å². The van der Waals surface area contributed by atoms with E-state index in [1.54, 1.807) is 37.3 Å². The van der Waals surface area contributed by atoms with Crippen molar-refractivity contribution in [3.8, 4) is 5.75 Å². The summed E-state index contributed by atoms with van der Waals surface area (Å²) in [7, 11) is -0.743. The molecule has 0 unspecified atom stereocenters. The van der Waals surface area contributed by atoms with Gasteiger partial charge in [-0.05, 0) is 42.8 Å². The highest BCUT2D eigenvalue weighted by molar-refractivity contribution is 7.89. The maximum Gasteiger partial charge on any atom is 0.336 e. The molecule has 8 nitrogen and oxygen atoms in total. The second-order valence-electron chi connectivity index (χ2n) is 6.56. The first-order chi connectivity index (χ1) is 13.7. The van der Waals surface area contributed by atoms with Crippen LogP contribution in [0.1, 0.15) is 5.56 Å². The van der Waals surface area contributed by atoms with Gasteiger partial charge in [0.2, 0.25) is 10.0 Å². The van der Waals surface area contributed by atoms with Crippen molar-refractivity contribution >= 4 is 32.6 Å². The van der Waals surface area contributed by atoms with E-state index in [0.717, 1.165) is 9.69 Å². The van der Waals surface area contributed by atoms with E-state index in [1.807, 2.05) is 0 Å². The molecule has 1 aromatic heterocycles. The van der Waals surface area contributed by atoms with Gasteiger partial charge in [0.25, 0.3) is 5.91 Å². The first kappa shape index (κ1) is 20.6. The molecule has 0 bridgehead atoms. The quantitative estimate of drug-likeness (QED) is 0.619. The fourth-order valence-electron chi connectivity index (χ4n) is 2.63. The molecule has 0 aliphatic carbocycles. The molecule has 3 aromatic rings. The van der Waals surface area contributed by atoms with Crippen molar-refractivity contribution in [2.24, 2.45) is 0 Å². The van der Waals surface area contributed by atoms with E-state index in [0.29, 0.717) is 22.6 Å². The van der Waals surface area contributed by atoms with E-state index < -0.39 is 21.6 Å². The maximum absolute atomic E-state index is 12.4. The first-order valence-electron chi connectivity index (χ1n) is 8.66. The highest BCUT2D eigenvalue weighted by Gasteiger charge is 2.20. The summed E-state index contributed by atoms with van der Waals surface area (Å²) in [5, 5.41) is 3.35. The monoisotopic (exact) mass is 416 g/mol. The molecule has 1 N–H and O–H groups in total. The van der Waals surface area contributed by atoms with E-state index in [2.05, 4.69) is 5.32 Å². The van der Waals surface area contributed by atoms with Gasteiger partial charge in [0.15, 0.2) is 6.61 Å². The van der Waals surface area contributed by atoms with Crippen LogP contribution in [0.2, 0.25) is 0 Å². The third-order valence-electron chi connectivity index (χ3n) is 4.20. The highest BCUT2D eigenvalue weighted by Crippen LogP contribution is 2.23. The third-order valence-corrected chi connectivity index (χ3v) is 6.15. The van der Waals surface area contributed by atoms with Crippen molar-refractivity contribution in [2.45, 2.75) is 11.8 Å². The van der Waals surface area contributed by atoms with Gasteiger partial charge in [-0.25, -0.2) is 17.5 Å². The van der Waals surface area contributed by atoms with Crippen molar-refractivity contribution in [1.82, 2.24) is 4.31 Å². The molecule has 0 fully saturated rings. The SMILES string of the molecule is Cc1ccc(NC(=O)COc2ccc3ccc(=O)oc3c2)cc1S(=O)(=O)N(C)C. The van der Waals surface area contributed by atoms with E-state index >= 15 is 0 Å². The fraction of sp³-hybridized carbons (Fsp3) is 0.200. The normalized spacial score (nSPS) is 11.6. The number of anilines is 1. The number of nitrogens with zero attached hydrogens (tertiary/aromatic N) is 1. The van der Waals surface area contributed by atoms with Crippen molar-refractivity contribution in [3.63, 3.8) is 0 Å². The Bertz CT molecular complexity index is 1230. The van der Waals surface area contributed by atoms with Gasteiger partial charge < -0.3 is 14.5 Å². The number of fused-ring (bicyclic) bond motifs is 1. The average Bonchev–Trinajstić information content (AvgIpc) is 2.67. The van der Waals surface area contributed by atoms with E-state index in [-0.39, 0.29) is 11.5 Å². The Morgan fingerprint density at radius 3 is 2.55 bits per heavy atom. The fourth-order valence-corrected chi connectivity index (χ4v) is 3.77. The zero-order chi connectivity index (χ0) is 21.2. The van der Waals surface area contributed by atoms with Crippen LogP contribution < -0.4 is 15.7 Å². The highest BCUT2D eigenvalue weighted by atomic mass is 32.2. The van der Waals surface area contributed by atoms with Crippen molar-refractivity contribution in [1.29, 1.82) is 0 Å². The standard InChI is InChI=1S/C20H20N2O6S/c1-13-4-7-15(10-18(13)29(25,26)22(2)3)21-19(23)12-27-16-8-5-14-6-9-20(24)28-17(14)11-16/h4-11H,12H2,1-3H3,(H,21,23). The average molecular weight is 416 g/mol. The molecule has 2 aromatic carbocycles. The lowest BCUT2D eigenvalue weighted by Gasteiger charge is -2.15. The van der Waals surface area contributed by atoms with Crippen molar-refractivity contribution < 1.29 is 22.4 Å². The van der Waals surface area contributed by atoms with Crippen LogP contribution in [-0.4, -0.2) is 39.3 Å². The van der Waals surface area contributed by atoms with E-state index in [4.69, 9.17) is 9.15 Å². The summed E-state index contributed by atoms with van der Waals surface area (Å²) >= 11 is 0. The summed E-state index contributed by atoms with van der Waals surface area (Å²) < 4.78 is 36.4. The number of hydrogen-bond donors (Lipinski definition) is 1. The summed E-state index contributed by atoms with van der Waals surface area (Å²) in [4.78, 5) is 23.6. The van der Waals surface area contributed by atoms with Crippen LogP contribution >= 0.6 is 0 Å². The van der Waals surface area contributed by atoms with Gasteiger partial charge in [-0.1, -0.05) is 6.07 Å². The predicted octanol–water partition coefficient (Wildman–Crippen LogP) is 2.37. The molecule has 0 saturated heterocycles. The van der Waals surface area contributed by atoms with Gasteiger partial charge in [0, 0.05) is 37.3 Å². The van der Waals surface area contributed by atoms with Crippen LogP contribution in [-0.2, 0) is 14.8 Å². The number of carbonyl (C=O) groups is 1. The molecule has 0 atom stereocenters. The van der Waals surface area contributed by atoms with Crippen LogP contribution in [0, 0.1) is 6.92 Å². The first-order valence-corrected chi connectivity index (χ1v) is 10.1. The summed E-state index contributed by atoms with van der Waals surface area (Å²) in [6.07, 6.45) is 0. The zero-order valence-electron chi connectivity index (χ0n) is 16.1. The second-order valence-corrected chi connectivity index (χ2v) is 8.68. The Balaban J connectivity index is 1.71. The minimum Gasteiger partial charge on any atom is -0.484 e. The van der Waals surface area contributed by atoms with Crippen LogP contribution in [0.5, 0.6) is 5.75 Å². The van der Waals surface area contributed by atoms with Gasteiger partial charge >= 0.3 is 5.63 Å². The minimum absolute atomic E-state index is 0.116. The molecule has 9 heteroatoms. The van der Waals surface area contributed by atoms with Crippen LogP contribution in [0.15, 0.2) is 62.6 Å². The number of benzene rings is 2. The molecule has 0 aliphatic heterocycles. The Labute approximate surface area is 167 Å². The van der Waals surface area contributed by atoms with Gasteiger partial charge in [0.05, 0.1) is 4.90 Å². The molecule has 0 spiro atoms. The number of ether oxygens (including phenoxy) is 1. The number of amides is 1. The Hall–Kier alpha value is -3.17. The Morgan fingerprint density at radius 2 is 1.83 bits per heavy atom. The Kier molecular flexibility index (Phi) is 5.71. The van der Waals surface area contributed by atoms with Crippen molar-refractivity contribution in [2.75, 3.05) is 26.0 Å². The van der Waals surface area contributed by atoms with E-state index in [9.17, 15) is 18.0 Å². The second kappa shape index (κ2) is 8.06. The minimum atomic E-state index is -3.63. The van der Waals surface area contributed by atoms with E-state index in [1.165, 1.54) is 32.3 Å². The lowest BCUT2D eigenvalue weighted by Crippen LogP contribution is -2.24. The molecular formula is C20H20N2O6S. The summed E-state index contributed by atoms with van der Waals surface area (Å²) in [5.74, 6) is -0.0987. The van der Waals surface area contributed by atoms with Crippen molar-refractivity contribution in [3.05, 3.63) is 64.5 Å². The number of rotatable bonds is 6. The number of sulfonamides is 1. The van der Waals surface area contributed by atoms with Crippen LogP contribution in [0.3, 0.4) is 0 Å². The molecule has 29 heavy (non-hydrogen) atoms. The molecule has 3 rings (SSSR count). The molecule has 1 heterocycles. The smallest absolute Gasteiger partial charge is 0.336 e. The van der Waals surface area contributed by atoms with Gasteiger partial charge in [-0.2, -0.15) is 0 Å². The molecule has 1 amide bonds. The Morgan fingerprint density at radius 1 is 1.10 bits per heavy atom. The maximum atomic E-state index is 12.4. The van der Waals surface area contributed by atoms with Gasteiger partial charge in [0.1, 0.15) is 11.3 Å². The zero-order valence-corrected chi connectivity index (χ0v) is 16.9. The molecular weight excluding hydrogens is 396 g/mol. The number of aryl methyl sites for hydroxylation is 1. The lowest BCUT2D eigenvalue weighted by molar-refractivity contribution is -0.118. The summed E-state index contributed by atoms with van der Waals surface area (Å²) in [5.41, 5.74) is 0.794. The number of nitrogens with one attached hydrogen (secondary N) is 1. The number of hydrogen-bond acceptors (Lipinski definition) is 6. The largest absolute Gasteiger partial charge is 0.484 e. The van der Waals surface area contributed by atoms with Gasteiger partial charge in [-0.15, -0.1) is 0 Å². The molecule has 152 valence electrons. The third kappa shape index (κ3) is 4.64. The number of carbonyl (C=O) groups excluding carboxylic acids is 1. The topological polar surface area (TPSA) is 106 Å². The molecule has 0 radical (unpaired) electrons. The van der Waals surface area contributed by atoms with Gasteiger partial charge in [-0.3, -0.25) is 4.79 Å².